The predicted octanol–water partition coefficient (Wildman–Crippen LogP) is 1.38. The van der Waals surface area contributed by atoms with E-state index in [-0.39, 0.29) is 0 Å². The first-order chi connectivity index (χ1) is 8.76. The summed E-state index contributed by atoms with van der Waals surface area (Å²) >= 11 is 2.11. The molecule has 0 bridgehead atoms. The van der Waals surface area contributed by atoms with Gasteiger partial charge in [0, 0.05) is 36.5 Å². The van der Waals surface area contributed by atoms with E-state index in [2.05, 4.69) is 28.5 Å². The van der Waals surface area contributed by atoms with E-state index < -0.39 is 0 Å². The van der Waals surface area contributed by atoms with E-state index >= 15 is 0 Å². The third kappa shape index (κ3) is 2.11. The minimum absolute atomic E-state index is 0.305. The summed E-state index contributed by atoms with van der Waals surface area (Å²) in [5.74, 6) is 1.29. The van der Waals surface area contributed by atoms with Gasteiger partial charge in [-0.15, -0.1) is 0 Å². The van der Waals surface area contributed by atoms with Crippen molar-refractivity contribution < 1.29 is 0 Å². The number of nitrogens with zero attached hydrogens (tertiary/aromatic N) is 2. The lowest BCUT2D eigenvalue weighted by molar-refractivity contribution is 0.114. The van der Waals surface area contributed by atoms with Crippen molar-refractivity contribution in [3.8, 4) is 0 Å². The standard InChI is InChI=1S/C14H27N3S/c1-12-14(11-15,5-9-18-12)17-8-4-13(10-17)16-6-2-3-7-16/h12-13H,2-11,15H2,1H3. The number of thioether (sulfide) groups is 1. The molecule has 3 nitrogen and oxygen atoms in total. The van der Waals surface area contributed by atoms with Gasteiger partial charge in [0.25, 0.3) is 0 Å². The Hall–Kier alpha value is 0.230. The molecule has 3 heterocycles. The lowest BCUT2D eigenvalue weighted by atomic mass is 9.91. The van der Waals surface area contributed by atoms with Crippen LogP contribution in [-0.4, -0.2) is 65.1 Å². The Kier molecular flexibility index (Phi) is 3.90. The van der Waals surface area contributed by atoms with Crippen molar-refractivity contribution in [2.24, 2.45) is 5.73 Å². The molecule has 3 saturated heterocycles. The van der Waals surface area contributed by atoms with Crippen LogP contribution in [0.3, 0.4) is 0 Å². The van der Waals surface area contributed by atoms with Crippen LogP contribution in [0.25, 0.3) is 0 Å². The van der Waals surface area contributed by atoms with Crippen LogP contribution in [0, 0.1) is 0 Å². The van der Waals surface area contributed by atoms with E-state index in [0.717, 1.165) is 12.6 Å². The molecule has 2 N–H and O–H groups in total. The second-order valence-electron chi connectivity index (χ2n) is 6.20. The van der Waals surface area contributed by atoms with E-state index in [9.17, 15) is 0 Å². The highest BCUT2D eigenvalue weighted by Crippen LogP contribution is 2.41. The highest BCUT2D eigenvalue weighted by molar-refractivity contribution is 8.00. The lowest BCUT2D eigenvalue weighted by Crippen LogP contribution is -2.57. The van der Waals surface area contributed by atoms with E-state index in [4.69, 9.17) is 5.73 Å². The third-order valence-electron chi connectivity index (χ3n) is 5.46. The summed E-state index contributed by atoms with van der Waals surface area (Å²) in [4.78, 5) is 5.46. The van der Waals surface area contributed by atoms with Crippen molar-refractivity contribution in [2.45, 2.75) is 49.4 Å². The molecule has 3 unspecified atom stereocenters. The van der Waals surface area contributed by atoms with Crippen LogP contribution in [0.5, 0.6) is 0 Å². The molecular weight excluding hydrogens is 242 g/mol. The third-order valence-corrected chi connectivity index (χ3v) is 6.84. The van der Waals surface area contributed by atoms with E-state index in [1.807, 2.05) is 0 Å². The Bertz CT molecular complexity index is 293. The molecule has 4 heteroatoms. The predicted molar refractivity (Wildman–Crippen MR) is 79.1 cm³/mol. The summed E-state index contributed by atoms with van der Waals surface area (Å²) in [5, 5.41) is 0.708. The molecule has 0 radical (unpaired) electrons. The molecule has 3 fully saturated rings. The monoisotopic (exact) mass is 269 g/mol. The second kappa shape index (κ2) is 5.31. The summed E-state index contributed by atoms with van der Waals surface area (Å²) in [6.45, 7) is 8.42. The van der Waals surface area contributed by atoms with Crippen molar-refractivity contribution in [1.29, 1.82) is 0 Å². The fourth-order valence-electron chi connectivity index (χ4n) is 4.13. The zero-order chi connectivity index (χ0) is 12.6. The van der Waals surface area contributed by atoms with Gasteiger partial charge in [-0.2, -0.15) is 11.8 Å². The molecule has 0 aromatic rings. The van der Waals surface area contributed by atoms with Gasteiger partial charge in [-0.25, -0.2) is 0 Å². The Morgan fingerprint density at radius 1 is 1.28 bits per heavy atom. The van der Waals surface area contributed by atoms with Gasteiger partial charge in [0.1, 0.15) is 0 Å². The first-order valence-corrected chi connectivity index (χ1v) is 8.62. The molecule has 0 aromatic carbocycles. The smallest absolute Gasteiger partial charge is 0.0455 e. The highest BCUT2D eigenvalue weighted by atomic mass is 32.2. The molecule has 0 amide bonds. The summed E-state index contributed by atoms with van der Waals surface area (Å²) < 4.78 is 0. The molecule has 0 saturated carbocycles. The van der Waals surface area contributed by atoms with Crippen molar-refractivity contribution in [2.75, 3.05) is 38.5 Å². The molecule has 3 rings (SSSR count). The van der Waals surface area contributed by atoms with Crippen LogP contribution in [0.4, 0.5) is 0 Å². The van der Waals surface area contributed by atoms with Gasteiger partial charge in [-0.3, -0.25) is 9.80 Å². The Morgan fingerprint density at radius 2 is 2.06 bits per heavy atom. The average molecular weight is 269 g/mol. The van der Waals surface area contributed by atoms with E-state index in [0.29, 0.717) is 10.8 Å². The van der Waals surface area contributed by atoms with Gasteiger partial charge in [0.15, 0.2) is 0 Å². The molecule has 3 atom stereocenters. The van der Waals surface area contributed by atoms with Gasteiger partial charge in [0.2, 0.25) is 0 Å². The number of hydrogen-bond donors (Lipinski definition) is 1. The van der Waals surface area contributed by atoms with Gasteiger partial charge in [0.05, 0.1) is 0 Å². The maximum Gasteiger partial charge on any atom is 0.0455 e. The molecule has 0 spiro atoms. The van der Waals surface area contributed by atoms with Crippen LogP contribution < -0.4 is 5.73 Å². The first kappa shape index (κ1) is 13.2. The summed E-state index contributed by atoms with van der Waals surface area (Å²) in [6.07, 6.45) is 5.47. The Labute approximate surface area is 115 Å². The molecule has 3 aliphatic rings. The second-order valence-corrected chi connectivity index (χ2v) is 7.65. The minimum atomic E-state index is 0.305. The van der Waals surface area contributed by atoms with Crippen molar-refractivity contribution in [1.82, 2.24) is 9.80 Å². The quantitative estimate of drug-likeness (QED) is 0.839. The van der Waals surface area contributed by atoms with E-state index in [1.54, 1.807) is 0 Å². The van der Waals surface area contributed by atoms with E-state index in [1.165, 1.54) is 57.6 Å². The topological polar surface area (TPSA) is 32.5 Å². The molecular formula is C14H27N3S. The fraction of sp³-hybridized carbons (Fsp3) is 1.00. The summed E-state index contributed by atoms with van der Waals surface area (Å²) in [5.41, 5.74) is 6.47. The summed E-state index contributed by atoms with van der Waals surface area (Å²) in [6, 6.07) is 0.814. The Balaban J connectivity index is 1.66. The molecule has 104 valence electrons. The average Bonchev–Trinajstić information content (AvgIpc) is 3.09. The lowest BCUT2D eigenvalue weighted by Gasteiger charge is -2.41. The first-order valence-electron chi connectivity index (χ1n) is 7.57. The van der Waals surface area contributed by atoms with Crippen molar-refractivity contribution in [3.63, 3.8) is 0 Å². The molecule has 0 aliphatic carbocycles. The number of hydrogen-bond acceptors (Lipinski definition) is 4. The molecule has 3 aliphatic heterocycles. The Morgan fingerprint density at radius 3 is 2.67 bits per heavy atom. The summed E-state index contributed by atoms with van der Waals surface area (Å²) in [7, 11) is 0. The van der Waals surface area contributed by atoms with Gasteiger partial charge in [-0.05, 0) is 44.5 Å². The van der Waals surface area contributed by atoms with Gasteiger partial charge in [-0.1, -0.05) is 6.92 Å². The number of rotatable bonds is 3. The SMILES string of the molecule is CC1SCCC1(CN)N1CCC(N2CCCC2)C1. The van der Waals surface area contributed by atoms with Crippen LogP contribution >= 0.6 is 11.8 Å². The highest BCUT2D eigenvalue weighted by Gasteiger charge is 2.47. The largest absolute Gasteiger partial charge is 0.329 e. The number of nitrogens with two attached hydrogens (primary N) is 1. The molecule has 0 aromatic heterocycles. The fourth-order valence-corrected chi connectivity index (χ4v) is 5.63. The van der Waals surface area contributed by atoms with Crippen LogP contribution in [-0.2, 0) is 0 Å². The van der Waals surface area contributed by atoms with Crippen molar-refractivity contribution in [3.05, 3.63) is 0 Å². The van der Waals surface area contributed by atoms with Crippen LogP contribution in [0.2, 0.25) is 0 Å². The number of likely N-dealkylation sites (tertiary alicyclic amines) is 2. The van der Waals surface area contributed by atoms with Crippen LogP contribution in [0.1, 0.15) is 32.6 Å². The minimum Gasteiger partial charge on any atom is -0.329 e. The van der Waals surface area contributed by atoms with Crippen LogP contribution in [0.15, 0.2) is 0 Å². The maximum absolute atomic E-state index is 6.17. The maximum atomic E-state index is 6.17. The zero-order valence-electron chi connectivity index (χ0n) is 11.6. The zero-order valence-corrected chi connectivity index (χ0v) is 12.4. The molecule has 18 heavy (non-hydrogen) atoms. The van der Waals surface area contributed by atoms with Gasteiger partial charge >= 0.3 is 0 Å². The van der Waals surface area contributed by atoms with Gasteiger partial charge < -0.3 is 5.73 Å². The van der Waals surface area contributed by atoms with Crippen molar-refractivity contribution >= 4 is 11.8 Å². The normalized spacial score (nSPS) is 43.0.